The fourth-order valence-electron chi connectivity index (χ4n) is 3.93. The zero-order chi connectivity index (χ0) is 22.0. The number of benzene rings is 1. The maximum absolute atomic E-state index is 12.1. The number of halogens is 1. The van der Waals surface area contributed by atoms with Crippen molar-refractivity contribution < 1.29 is 14.3 Å². The quantitative estimate of drug-likeness (QED) is 0.709. The predicted octanol–water partition coefficient (Wildman–Crippen LogP) is 4.38. The lowest BCUT2D eigenvalue weighted by atomic mass is 9.96. The van der Waals surface area contributed by atoms with Crippen LogP contribution in [-0.2, 0) is 4.74 Å². The van der Waals surface area contributed by atoms with Gasteiger partial charge in [0.15, 0.2) is 0 Å². The Hall–Kier alpha value is -3.05. The molecule has 9 heteroatoms. The molecule has 1 saturated carbocycles. The molecule has 2 atom stereocenters. The van der Waals surface area contributed by atoms with Gasteiger partial charge >= 0.3 is 6.09 Å². The fraction of sp³-hybridized carbons (Fsp3) is 0.455. The topological polar surface area (TPSA) is 100 Å². The standard InChI is InChI=1S/C22H24ClN5O3/c1-14(2)31-21(29)28-6-5-22(9-16(22)11-28)12-30-20-8-19(25-13-26-20)27-18-4-3-15(10-24)7-17(18)23/h3-4,7-8,13-14,16H,5-6,9,11-12H2,1-2H3,(H,25,26,27). The number of likely N-dealkylation sites (tertiary alicyclic amines) is 1. The molecule has 1 saturated heterocycles. The minimum Gasteiger partial charge on any atom is -0.477 e. The van der Waals surface area contributed by atoms with E-state index >= 15 is 0 Å². The molecule has 1 aromatic heterocycles. The van der Waals surface area contributed by atoms with Crippen LogP contribution in [0.25, 0.3) is 0 Å². The van der Waals surface area contributed by atoms with Crippen molar-refractivity contribution in [3.05, 3.63) is 41.2 Å². The molecule has 0 spiro atoms. The van der Waals surface area contributed by atoms with Crippen molar-refractivity contribution in [1.29, 1.82) is 5.26 Å². The first-order valence-electron chi connectivity index (χ1n) is 10.3. The van der Waals surface area contributed by atoms with Crippen LogP contribution in [0.3, 0.4) is 0 Å². The zero-order valence-corrected chi connectivity index (χ0v) is 18.2. The number of nitrogens with one attached hydrogen (secondary N) is 1. The third-order valence-electron chi connectivity index (χ3n) is 5.78. The monoisotopic (exact) mass is 441 g/mol. The number of nitriles is 1. The van der Waals surface area contributed by atoms with Gasteiger partial charge < -0.3 is 19.7 Å². The van der Waals surface area contributed by atoms with Crippen molar-refractivity contribution in [1.82, 2.24) is 14.9 Å². The molecule has 2 heterocycles. The van der Waals surface area contributed by atoms with Crippen LogP contribution >= 0.6 is 11.6 Å². The Kier molecular flexibility index (Phi) is 5.88. The summed E-state index contributed by atoms with van der Waals surface area (Å²) in [4.78, 5) is 22.3. The highest BCUT2D eigenvalue weighted by Crippen LogP contribution is 2.58. The second kappa shape index (κ2) is 8.60. The van der Waals surface area contributed by atoms with E-state index in [0.29, 0.717) is 53.6 Å². The summed E-state index contributed by atoms with van der Waals surface area (Å²) >= 11 is 6.22. The van der Waals surface area contributed by atoms with Gasteiger partial charge in [0.25, 0.3) is 0 Å². The molecular weight excluding hydrogens is 418 g/mol. The molecule has 0 radical (unpaired) electrons. The van der Waals surface area contributed by atoms with E-state index in [2.05, 4.69) is 21.4 Å². The van der Waals surface area contributed by atoms with E-state index in [1.54, 1.807) is 29.2 Å². The molecule has 2 aromatic rings. The van der Waals surface area contributed by atoms with E-state index in [0.717, 1.165) is 12.8 Å². The van der Waals surface area contributed by atoms with Gasteiger partial charge in [0.2, 0.25) is 5.88 Å². The van der Waals surface area contributed by atoms with Crippen LogP contribution in [0.15, 0.2) is 30.6 Å². The highest BCUT2D eigenvalue weighted by atomic mass is 35.5. The van der Waals surface area contributed by atoms with Crippen molar-refractivity contribution in [2.75, 3.05) is 25.0 Å². The van der Waals surface area contributed by atoms with Crippen LogP contribution in [-0.4, -0.2) is 46.8 Å². The molecule has 1 aliphatic heterocycles. The van der Waals surface area contributed by atoms with Crippen molar-refractivity contribution in [2.24, 2.45) is 11.3 Å². The summed E-state index contributed by atoms with van der Waals surface area (Å²) in [6, 6.07) is 8.78. The van der Waals surface area contributed by atoms with Gasteiger partial charge in [0.1, 0.15) is 12.1 Å². The van der Waals surface area contributed by atoms with E-state index in [4.69, 9.17) is 26.3 Å². The Labute approximate surface area is 186 Å². The SMILES string of the molecule is CC(C)OC(=O)N1CCC2(COc3cc(Nc4ccc(C#N)cc4Cl)ncn3)CC2C1. The van der Waals surface area contributed by atoms with Gasteiger partial charge in [-0.05, 0) is 50.8 Å². The van der Waals surface area contributed by atoms with Gasteiger partial charge in [0.05, 0.1) is 35.1 Å². The first kappa shape index (κ1) is 21.2. The maximum atomic E-state index is 12.1. The molecular formula is C22H24ClN5O3. The van der Waals surface area contributed by atoms with Gasteiger partial charge in [-0.25, -0.2) is 14.8 Å². The molecule has 4 rings (SSSR count). The number of hydrogen-bond acceptors (Lipinski definition) is 7. The van der Waals surface area contributed by atoms with Crippen LogP contribution in [0.4, 0.5) is 16.3 Å². The lowest BCUT2D eigenvalue weighted by Gasteiger charge is -2.31. The molecule has 1 aliphatic carbocycles. The average Bonchev–Trinajstić information content (AvgIpc) is 3.47. The Morgan fingerprint density at radius 2 is 2.26 bits per heavy atom. The van der Waals surface area contributed by atoms with Gasteiger partial charge in [-0.2, -0.15) is 5.26 Å². The molecule has 2 unspecified atom stereocenters. The number of anilines is 2. The van der Waals surface area contributed by atoms with E-state index in [-0.39, 0.29) is 17.6 Å². The van der Waals surface area contributed by atoms with Crippen LogP contribution in [0.1, 0.15) is 32.3 Å². The third kappa shape index (κ3) is 4.83. The number of ether oxygens (including phenoxy) is 2. The Morgan fingerprint density at radius 3 is 2.97 bits per heavy atom. The molecule has 1 amide bonds. The minimum atomic E-state index is -0.232. The van der Waals surface area contributed by atoms with Crippen LogP contribution in [0, 0.1) is 22.7 Å². The van der Waals surface area contributed by atoms with E-state index in [1.165, 1.54) is 6.33 Å². The summed E-state index contributed by atoms with van der Waals surface area (Å²) in [5, 5.41) is 12.5. The second-order valence-corrected chi connectivity index (χ2v) is 8.76. The number of fused-ring (bicyclic) bond motifs is 1. The molecule has 2 fully saturated rings. The number of carbonyl (C=O) groups is 1. The molecule has 1 N–H and O–H groups in total. The van der Waals surface area contributed by atoms with Crippen LogP contribution in [0.5, 0.6) is 5.88 Å². The van der Waals surface area contributed by atoms with Gasteiger partial charge in [-0.1, -0.05) is 11.6 Å². The first-order valence-corrected chi connectivity index (χ1v) is 10.6. The van der Waals surface area contributed by atoms with Crippen LogP contribution < -0.4 is 10.1 Å². The van der Waals surface area contributed by atoms with Crippen molar-refractivity contribution in [2.45, 2.75) is 32.8 Å². The Balaban J connectivity index is 1.33. The number of nitrogens with zero attached hydrogens (tertiary/aromatic N) is 4. The third-order valence-corrected chi connectivity index (χ3v) is 6.10. The predicted molar refractivity (Wildman–Crippen MR) is 115 cm³/mol. The number of carbonyl (C=O) groups excluding carboxylic acids is 1. The number of aromatic nitrogens is 2. The lowest BCUT2D eigenvalue weighted by molar-refractivity contribution is 0.0587. The smallest absolute Gasteiger partial charge is 0.410 e. The van der Waals surface area contributed by atoms with Gasteiger partial charge in [-0.15, -0.1) is 0 Å². The van der Waals surface area contributed by atoms with Crippen molar-refractivity contribution in [3.8, 4) is 11.9 Å². The van der Waals surface area contributed by atoms with E-state index in [9.17, 15) is 4.79 Å². The molecule has 2 aliphatic rings. The normalized spacial score (nSPS) is 21.8. The zero-order valence-electron chi connectivity index (χ0n) is 17.5. The van der Waals surface area contributed by atoms with Gasteiger partial charge in [-0.3, -0.25) is 0 Å². The Morgan fingerprint density at radius 1 is 1.42 bits per heavy atom. The molecule has 1 aromatic carbocycles. The second-order valence-electron chi connectivity index (χ2n) is 8.35. The van der Waals surface area contributed by atoms with Gasteiger partial charge in [0, 0.05) is 24.6 Å². The summed E-state index contributed by atoms with van der Waals surface area (Å²) < 4.78 is 11.3. The highest BCUT2D eigenvalue weighted by molar-refractivity contribution is 6.33. The number of rotatable bonds is 6. The fourth-order valence-corrected chi connectivity index (χ4v) is 4.16. The molecule has 162 valence electrons. The van der Waals surface area contributed by atoms with E-state index in [1.807, 2.05) is 13.8 Å². The van der Waals surface area contributed by atoms with Crippen molar-refractivity contribution in [3.63, 3.8) is 0 Å². The molecule has 8 nitrogen and oxygen atoms in total. The summed E-state index contributed by atoms with van der Waals surface area (Å²) in [7, 11) is 0. The summed E-state index contributed by atoms with van der Waals surface area (Å²) in [5.74, 6) is 1.45. The van der Waals surface area contributed by atoms with E-state index < -0.39 is 0 Å². The number of amides is 1. The average molecular weight is 442 g/mol. The number of piperidine rings is 1. The lowest BCUT2D eigenvalue weighted by Crippen LogP contribution is -2.41. The summed E-state index contributed by atoms with van der Waals surface area (Å²) in [5.41, 5.74) is 1.24. The maximum Gasteiger partial charge on any atom is 0.410 e. The molecule has 31 heavy (non-hydrogen) atoms. The highest BCUT2D eigenvalue weighted by Gasteiger charge is 2.58. The summed E-state index contributed by atoms with van der Waals surface area (Å²) in [6.07, 6.45) is 3.02. The Bertz CT molecular complexity index is 1020. The minimum absolute atomic E-state index is 0.101. The molecule has 0 bridgehead atoms. The van der Waals surface area contributed by atoms with Crippen LogP contribution in [0.2, 0.25) is 5.02 Å². The summed E-state index contributed by atoms with van der Waals surface area (Å²) in [6.45, 7) is 5.66. The first-order chi connectivity index (χ1) is 14.9. The number of hydrogen-bond donors (Lipinski definition) is 1. The largest absolute Gasteiger partial charge is 0.477 e. The van der Waals surface area contributed by atoms with Crippen molar-refractivity contribution >= 4 is 29.2 Å².